The summed E-state index contributed by atoms with van der Waals surface area (Å²) < 4.78 is 10.5. The third-order valence-electron chi connectivity index (χ3n) is 3.36. The van der Waals surface area contributed by atoms with E-state index in [4.69, 9.17) is 9.47 Å². The van der Waals surface area contributed by atoms with Gasteiger partial charge in [0.1, 0.15) is 5.75 Å². The van der Waals surface area contributed by atoms with Crippen molar-refractivity contribution in [2.75, 3.05) is 18.5 Å². The van der Waals surface area contributed by atoms with Crippen molar-refractivity contribution in [1.82, 2.24) is 0 Å². The molecule has 2 rings (SSSR count). The molecule has 0 aliphatic rings. The highest BCUT2D eigenvalue weighted by Crippen LogP contribution is 2.19. The summed E-state index contributed by atoms with van der Waals surface area (Å²) >= 11 is 0. The van der Waals surface area contributed by atoms with Gasteiger partial charge in [-0.1, -0.05) is 18.2 Å². The van der Waals surface area contributed by atoms with Crippen molar-refractivity contribution >= 4 is 17.6 Å². The number of hydrogen-bond donors (Lipinski definition) is 1. The van der Waals surface area contributed by atoms with E-state index in [-0.39, 0.29) is 12.5 Å². The number of ether oxygens (including phenoxy) is 2. The minimum Gasteiger partial charge on any atom is -0.483 e. The number of carbonyl (C=O) groups is 2. The van der Waals surface area contributed by atoms with Gasteiger partial charge in [0, 0.05) is 5.69 Å². The molecule has 0 spiro atoms. The largest absolute Gasteiger partial charge is 0.483 e. The number of nitrogens with one attached hydrogen (secondary N) is 1. The molecule has 0 fully saturated rings. The Kier molecular flexibility index (Phi) is 5.95. The molecule has 0 saturated heterocycles. The average Bonchev–Trinajstić information content (AvgIpc) is 2.56. The highest BCUT2D eigenvalue weighted by Gasteiger charge is 2.09. The van der Waals surface area contributed by atoms with Crippen molar-refractivity contribution < 1.29 is 19.1 Å². The Balaban J connectivity index is 1.96. The maximum atomic E-state index is 12.0. The number of amides is 1. The highest BCUT2D eigenvalue weighted by molar-refractivity contribution is 5.95. The zero-order chi connectivity index (χ0) is 17.5. The van der Waals surface area contributed by atoms with Crippen molar-refractivity contribution in [3.05, 3.63) is 59.2 Å². The molecule has 0 saturated carbocycles. The zero-order valence-electron chi connectivity index (χ0n) is 14.1. The molecule has 0 bridgehead atoms. The van der Waals surface area contributed by atoms with E-state index in [2.05, 4.69) is 5.32 Å². The standard InChI is InChI=1S/C19H21NO4/c1-4-23-19(22)15-6-5-7-16(11-15)20-18(21)12-24-17-10-13(2)8-9-14(17)3/h5-11H,4,12H2,1-3H3,(H,20,21). The Morgan fingerprint density at radius 1 is 1.08 bits per heavy atom. The van der Waals surface area contributed by atoms with Crippen LogP contribution in [0.5, 0.6) is 5.75 Å². The Labute approximate surface area is 141 Å². The first-order valence-electron chi connectivity index (χ1n) is 7.76. The van der Waals surface area contributed by atoms with Crippen LogP contribution in [0.2, 0.25) is 0 Å². The van der Waals surface area contributed by atoms with Crippen LogP contribution in [-0.2, 0) is 9.53 Å². The number of hydrogen-bond acceptors (Lipinski definition) is 4. The van der Waals surface area contributed by atoms with E-state index in [1.54, 1.807) is 31.2 Å². The summed E-state index contributed by atoms with van der Waals surface area (Å²) in [4.78, 5) is 23.7. The first-order chi connectivity index (χ1) is 11.5. The van der Waals surface area contributed by atoms with Crippen molar-refractivity contribution in [2.45, 2.75) is 20.8 Å². The van der Waals surface area contributed by atoms with Gasteiger partial charge in [-0.25, -0.2) is 4.79 Å². The van der Waals surface area contributed by atoms with Gasteiger partial charge in [0.05, 0.1) is 12.2 Å². The van der Waals surface area contributed by atoms with E-state index in [1.807, 2.05) is 32.0 Å². The monoisotopic (exact) mass is 327 g/mol. The van der Waals surface area contributed by atoms with Gasteiger partial charge in [-0.3, -0.25) is 4.79 Å². The molecule has 24 heavy (non-hydrogen) atoms. The number of carbonyl (C=O) groups excluding carboxylic acids is 2. The second kappa shape index (κ2) is 8.15. The van der Waals surface area contributed by atoms with Gasteiger partial charge in [-0.05, 0) is 56.2 Å². The van der Waals surface area contributed by atoms with Gasteiger partial charge in [0.2, 0.25) is 0 Å². The van der Waals surface area contributed by atoms with E-state index in [0.717, 1.165) is 11.1 Å². The molecular formula is C19H21NO4. The molecule has 0 heterocycles. The molecule has 5 nitrogen and oxygen atoms in total. The molecule has 126 valence electrons. The summed E-state index contributed by atoms with van der Waals surface area (Å²) in [5.74, 6) is -0.0254. The molecule has 0 aliphatic heterocycles. The molecule has 0 unspecified atom stereocenters. The molecule has 2 aromatic rings. The summed E-state index contributed by atoms with van der Waals surface area (Å²) in [6, 6.07) is 12.4. The van der Waals surface area contributed by atoms with Crippen molar-refractivity contribution in [3.63, 3.8) is 0 Å². The van der Waals surface area contributed by atoms with Gasteiger partial charge < -0.3 is 14.8 Å². The van der Waals surface area contributed by atoms with E-state index >= 15 is 0 Å². The van der Waals surface area contributed by atoms with Crippen LogP contribution in [0.1, 0.15) is 28.4 Å². The van der Waals surface area contributed by atoms with E-state index in [1.165, 1.54) is 0 Å². The summed E-state index contributed by atoms with van der Waals surface area (Å²) in [6.07, 6.45) is 0. The van der Waals surface area contributed by atoms with E-state index in [0.29, 0.717) is 23.6 Å². The van der Waals surface area contributed by atoms with Crippen LogP contribution >= 0.6 is 0 Å². The molecule has 2 aromatic carbocycles. The van der Waals surface area contributed by atoms with Crippen LogP contribution in [0.15, 0.2) is 42.5 Å². The maximum Gasteiger partial charge on any atom is 0.338 e. The second-order valence-electron chi connectivity index (χ2n) is 5.41. The fourth-order valence-electron chi connectivity index (χ4n) is 2.14. The van der Waals surface area contributed by atoms with Gasteiger partial charge in [-0.2, -0.15) is 0 Å². The predicted octanol–water partition coefficient (Wildman–Crippen LogP) is 3.50. The lowest BCUT2D eigenvalue weighted by Crippen LogP contribution is -2.20. The fraction of sp³-hybridized carbons (Fsp3) is 0.263. The molecule has 1 N–H and O–H groups in total. The highest BCUT2D eigenvalue weighted by atomic mass is 16.5. The summed E-state index contributed by atoms with van der Waals surface area (Å²) in [5.41, 5.74) is 2.95. The maximum absolute atomic E-state index is 12.0. The van der Waals surface area contributed by atoms with Crippen LogP contribution < -0.4 is 10.1 Å². The molecule has 0 atom stereocenters. The topological polar surface area (TPSA) is 64.6 Å². The first-order valence-corrected chi connectivity index (χ1v) is 7.76. The summed E-state index contributed by atoms with van der Waals surface area (Å²) in [6.45, 7) is 5.84. The number of benzene rings is 2. The van der Waals surface area contributed by atoms with E-state index in [9.17, 15) is 9.59 Å². The Hall–Kier alpha value is -2.82. The van der Waals surface area contributed by atoms with Crippen LogP contribution in [0.4, 0.5) is 5.69 Å². The number of aryl methyl sites for hydroxylation is 2. The van der Waals surface area contributed by atoms with Crippen LogP contribution in [0, 0.1) is 13.8 Å². The third kappa shape index (κ3) is 4.84. The minimum atomic E-state index is -0.416. The van der Waals surface area contributed by atoms with Gasteiger partial charge in [0.15, 0.2) is 6.61 Å². The molecule has 1 amide bonds. The smallest absolute Gasteiger partial charge is 0.338 e. The predicted molar refractivity (Wildman–Crippen MR) is 92.4 cm³/mol. The molecule has 0 radical (unpaired) electrons. The summed E-state index contributed by atoms with van der Waals surface area (Å²) in [7, 11) is 0. The molecule has 0 aromatic heterocycles. The molecule has 0 aliphatic carbocycles. The average molecular weight is 327 g/mol. The fourth-order valence-corrected chi connectivity index (χ4v) is 2.14. The molecular weight excluding hydrogens is 306 g/mol. The lowest BCUT2D eigenvalue weighted by atomic mass is 10.1. The Morgan fingerprint density at radius 2 is 1.88 bits per heavy atom. The van der Waals surface area contributed by atoms with Crippen LogP contribution in [0.3, 0.4) is 0 Å². The lowest BCUT2D eigenvalue weighted by Gasteiger charge is -2.11. The third-order valence-corrected chi connectivity index (χ3v) is 3.36. The zero-order valence-corrected chi connectivity index (χ0v) is 14.1. The SMILES string of the molecule is CCOC(=O)c1cccc(NC(=O)COc2cc(C)ccc2C)c1. The minimum absolute atomic E-state index is 0.103. The quantitative estimate of drug-likeness (QED) is 0.825. The van der Waals surface area contributed by atoms with Gasteiger partial charge in [-0.15, -0.1) is 0 Å². The second-order valence-corrected chi connectivity index (χ2v) is 5.41. The van der Waals surface area contributed by atoms with Gasteiger partial charge in [0.25, 0.3) is 5.91 Å². The number of esters is 1. The van der Waals surface area contributed by atoms with Crippen LogP contribution in [0.25, 0.3) is 0 Å². The molecule has 5 heteroatoms. The normalized spacial score (nSPS) is 10.1. The Bertz CT molecular complexity index is 740. The van der Waals surface area contributed by atoms with Gasteiger partial charge >= 0.3 is 5.97 Å². The van der Waals surface area contributed by atoms with Crippen molar-refractivity contribution in [2.24, 2.45) is 0 Å². The number of anilines is 1. The van der Waals surface area contributed by atoms with Crippen LogP contribution in [-0.4, -0.2) is 25.1 Å². The number of rotatable bonds is 6. The van der Waals surface area contributed by atoms with Crippen molar-refractivity contribution in [1.29, 1.82) is 0 Å². The first kappa shape index (κ1) is 17.5. The Morgan fingerprint density at radius 3 is 2.62 bits per heavy atom. The van der Waals surface area contributed by atoms with Crippen molar-refractivity contribution in [3.8, 4) is 5.75 Å². The lowest BCUT2D eigenvalue weighted by molar-refractivity contribution is -0.118. The summed E-state index contributed by atoms with van der Waals surface area (Å²) in [5, 5.41) is 2.71. The van der Waals surface area contributed by atoms with E-state index < -0.39 is 5.97 Å².